The topological polar surface area (TPSA) is 83.6 Å². The fourth-order valence-corrected chi connectivity index (χ4v) is 2.14. The van der Waals surface area contributed by atoms with Gasteiger partial charge in [0, 0.05) is 12.0 Å². The van der Waals surface area contributed by atoms with Crippen LogP contribution in [0, 0.1) is 0 Å². The molecule has 17 heavy (non-hydrogen) atoms. The smallest absolute Gasteiger partial charge is 0.312 e. The van der Waals surface area contributed by atoms with E-state index in [1.807, 2.05) is 12.1 Å². The molecule has 1 aliphatic rings. The van der Waals surface area contributed by atoms with Gasteiger partial charge in [-0.2, -0.15) is 0 Å². The van der Waals surface area contributed by atoms with Gasteiger partial charge in [0.05, 0.1) is 12.5 Å². The Morgan fingerprint density at radius 1 is 1.35 bits per heavy atom. The molecule has 1 unspecified atom stereocenters. The van der Waals surface area contributed by atoms with E-state index < -0.39 is 11.9 Å². The van der Waals surface area contributed by atoms with Crippen LogP contribution in [0.4, 0.5) is 0 Å². The number of hydrogen-bond acceptors (Lipinski definition) is 3. The van der Waals surface area contributed by atoms with Gasteiger partial charge in [-0.25, -0.2) is 0 Å². The fourth-order valence-electron chi connectivity index (χ4n) is 2.14. The summed E-state index contributed by atoms with van der Waals surface area (Å²) in [6, 6.07) is 7.42. The van der Waals surface area contributed by atoms with Gasteiger partial charge in [0.15, 0.2) is 0 Å². The van der Waals surface area contributed by atoms with E-state index in [2.05, 4.69) is 0 Å². The van der Waals surface area contributed by atoms with Gasteiger partial charge in [0.1, 0.15) is 0 Å². The van der Waals surface area contributed by atoms with Gasteiger partial charge in [-0.05, 0) is 24.0 Å². The largest absolute Gasteiger partial charge is 0.481 e. The highest BCUT2D eigenvalue weighted by Crippen LogP contribution is 2.47. The first-order chi connectivity index (χ1) is 8.13. The molecule has 0 aliphatic heterocycles. The lowest BCUT2D eigenvalue weighted by atomic mass is 9.92. The maximum Gasteiger partial charge on any atom is 0.312 e. The van der Waals surface area contributed by atoms with E-state index in [1.54, 1.807) is 12.1 Å². The standard InChI is InChI=1S/C13H17NO3/c14-7-11(12(16)17)9-1-3-10(4-2-9)13(8-15)5-6-13/h1-4,11,15H,5-8,14H2,(H,16,17). The second-order valence-electron chi connectivity index (χ2n) is 4.69. The summed E-state index contributed by atoms with van der Waals surface area (Å²) in [5, 5.41) is 18.3. The lowest BCUT2D eigenvalue weighted by molar-refractivity contribution is -0.138. The van der Waals surface area contributed by atoms with E-state index in [4.69, 9.17) is 10.8 Å². The molecular formula is C13H17NO3. The van der Waals surface area contributed by atoms with Crippen molar-refractivity contribution in [3.63, 3.8) is 0 Å². The normalized spacial score (nSPS) is 18.7. The van der Waals surface area contributed by atoms with Gasteiger partial charge < -0.3 is 15.9 Å². The lowest BCUT2D eigenvalue weighted by Crippen LogP contribution is -2.21. The Balaban J connectivity index is 2.21. The van der Waals surface area contributed by atoms with Crippen molar-refractivity contribution in [3.05, 3.63) is 35.4 Å². The molecule has 0 spiro atoms. The molecule has 1 atom stereocenters. The van der Waals surface area contributed by atoms with E-state index in [0.29, 0.717) is 0 Å². The Morgan fingerprint density at radius 2 is 1.94 bits per heavy atom. The summed E-state index contributed by atoms with van der Waals surface area (Å²) in [6.45, 7) is 0.255. The zero-order valence-electron chi connectivity index (χ0n) is 9.60. The van der Waals surface area contributed by atoms with Gasteiger partial charge in [-0.15, -0.1) is 0 Å². The van der Waals surface area contributed by atoms with Crippen LogP contribution >= 0.6 is 0 Å². The zero-order valence-corrected chi connectivity index (χ0v) is 9.60. The third-order valence-corrected chi connectivity index (χ3v) is 3.62. The minimum Gasteiger partial charge on any atom is -0.481 e. The molecule has 4 nitrogen and oxygen atoms in total. The number of nitrogens with two attached hydrogens (primary N) is 1. The molecule has 0 amide bonds. The first-order valence-electron chi connectivity index (χ1n) is 5.77. The van der Waals surface area contributed by atoms with E-state index in [1.165, 1.54) is 0 Å². The van der Waals surface area contributed by atoms with Crippen molar-refractivity contribution in [2.45, 2.75) is 24.2 Å². The first-order valence-corrected chi connectivity index (χ1v) is 5.77. The predicted molar refractivity (Wildman–Crippen MR) is 63.9 cm³/mol. The monoisotopic (exact) mass is 235 g/mol. The maximum absolute atomic E-state index is 11.0. The number of benzene rings is 1. The van der Waals surface area contributed by atoms with Crippen molar-refractivity contribution in [2.24, 2.45) is 5.73 Å². The Morgan fingerprint density at radius 3 is 2.29 bits per heavy atom. The van der Waals surface area contributed by atoms with Crippen LogP contribution in [0.3, 0.4) is 0 Å². The molecule has 1 aliphatic carbocycles. The molecule has 0 radical (unpaired) electrons. The number of aliphatic carboxylic acids is 1. The van der Waals surface area contributed by atoms with Crippen molar-refractivity contribution in [3.8, 4) is 0 Å². The van der Waals surface area contributed by atoms with E-state index in [0.717, 1.165) is 24.0 Å². The highest BCUT2D eigenvalue weighted by molar-refractivity contribution is 5.76. The van der Waals surface area contributed by atoms with Crippen molar-refractivity contribution < 1.29 is 15.0 Å². The second kappa shape index (κ2) is 4.47. The van der Waals surface area contributed by atoms with Crippen LogP contribution in [-0.4, -0.2) is 29.3 Å². The third kappa shape index (κ3) is 2.18. The number of rotatable bonds is 5. The molecule has 1 aromatic rings. The van der Waals surface area contributed by atoms with Gasteiger partial charge in [0.25, 0.3) is 0 Å². The van der Waals surface area contributed by atoms with Crippen molar-refractivity contribution >= 4 is 5.97 Å². The number of aliphatic hydroxyl groups excluding tert-OH is 1. The molecule has 1 fully saturated rings. The quantitative estimate of drug-likeness (QED) is 0.706. The van der Waals surface area contributed by atoms with Crippen molar-refractivity contribution in [1.29, 1.82) is 0 Å². The van der Waals surface area contributed by atoms with Crippen molar-refractivity contribution in [1.82, 2.24) is 0 Å². The third-order valence-electron chi connectivity index (χ3n) is 3.62. The summed E-state index contributed by atoms with van der Waals surface area (Å²) >= 11 is 0. The number of carboxylic acids is 1. The Bertz CT molecular complexity index is 409. The van der Waals surface area contributed by atoms with Crippen LogP contribution in [0.15, 0.2) is 24.3 Å². The Hall–Kier alpha value is -1.39. The van der Waals surface area contributed by atoms with E-state index >= 15 is 0 Å². The second-order valence-corrected chi connectivity index (χ2v) is 4.69. The first kappa shape index (κ1) is 12.1. The van der Waals surface area contributed by atoms with Crippen LogP contribution in [0.5, 0.6) is 0 Å². The summed E-state index contributed by atoms with van der Waals surface area (Å²) in [6.07, 6.45) is 2.00. The molecule has 92 valence electrons. The Labute approximate surface area is 100 Å². The Kier molecular flexibility index (Phi) is 3.17. The fraction of sp³-hybridized carbons (Fsp3) is 0.462. The SMILES string of the molecule is NCC(C(=O)O)c1ccc(C2(CO)CC2)cc1. The molecule has 0 bridgehead atoms. The molecule has 1 aromatic carbocycles. The van der Waals surface area contributed by atoms with Crippen LogP contribution in [0.2, 0.25) is 0 Å². The summed E-state index contributed by atoms with van der Waals surface area (Å²) in [5.41, 5.74) is 7.19. The molecule has 4 N–H and O–H groups in total. The molecule has 1 saturated carbocycles. The summed E-state index contributed by atoms with van der Waals surface area (Å²) < 4.78 is 0. The average Bonchev–Trinajstić information content (AvgIpc) is 3.11. The van der Waals surface area contributed by atoms with Gasteiger partial charge in [0.2, 0.25) is 0 Å². The highest BCUT2D eigenvalue weighted by atomic mass is 16.4. The molecule has 0 aromatic heterocycles. The molecule has 4 heteroatoms. The number of carboxylic acid groups (broad SMARTS) is 1. The van der Waals surface area contributed by atoms with Crippen LogP contribution in [-0.2, 0) is 10.2 Å². The van der Waals surface area contributed by atoms with Crippen molar-refractivity contribution in [2.75, 3.05) is 13.2 Å². The van der Waals surface area contributed by atoms with Crippen LogP contribution in [0.1, 0.15) is 29.9 Å². The number of carbonyl (C=O) groups is 1. The predicted octanol–water partition coefficient (Wildman–Crippen LogP) is 0.837. The summed E-state index contributed by atoms with van der Waals surface area (Å²) in [4.78, 5) is 11.0. The zero-order chi connectivity index (χ0) is 12.5. The molecular weight excluding hydrogens is 218 g/mol. The van der Waals surface area contributed by atoms with Gasteiger partial charge in [-0.3, -0.25) is 4.79 Å². The number of hydrogen-bond donors (Lipinski definition) is 3. The van der Waals surface area contributed by atoms with Crippen LogP contribution in [0.25, 0.3) is 0 Å². The summed E-state index contributed by atoms with van der Waals surface area (Å²) in [5.74, 6) is -1.54. The number of aliphatic hydroxyl groups is 1. The summed E-state index contributed by atoms with van der Waals surface area (Å²) in [7, 11) is 0. The minimum absolute atomic E-state index is 0.0695. The van der Waals surface area contributed by atoms with Gasteiger partial charge >= 0.3 is 5.97 Å². The van der Waals surface area contributed by atoms with E-state index in [9.17, 15) is 9.90 Å². The molecule has 0 heterocycles. The highest BCUT2D eigenvalue weighted by Gasteiger charge is 2.43. The molecule has 2 rings (SSSR count). The minimum atomic E-state index is -0.899. The average molecular weight is 235 g/mol. The maximum atomic E-state index is 11.0. The lowest BCUT2D eigenvalue weighted by Gasteiger charge is -2.14. The van der Waals surface area contributed by atoms with Crippen LogP contribution < -0.4 is 5.73 Å². The van der Waals surface area contributed by atoms with E-state index in [-0.39, 0.29) is 18.6 Å². The van der Waals surface area contributed by atoms with Gasteiger partial charge in [-0.1, -0.05) is 24.3 Å². The molecule has 0 saturated heterocycles.